The molecule has 80 valence electrons. The van der Waals surface area contributed by atoms with E-state index in [-0.39, 0.29) is 0 Å². The van der Waals surface area contributed by atoms with Crippen molar-refractivity contribution in [3.63, 3.8) is 0 Å². The molecule has 0 aliphatic rings. The zero-order valence-electron chi connectivity index (χ0n) is 7.67. The second kappa shape index (κ2) is 4.60. The topological polar surface area (TPSA) is 43.6 Å². The van der Waals surface area contributed by atoms with Crippen LogP contribution in [0.2, 0.25) is 0 Å². The predicted molar refractivity (Wildman–Crippen MR) is 62.3 cm³/mol. The fraction of sp³-hybridized carbons (Fsp3) is 0.125. The van der Waals surface area contributed by atoms with Crippen molar-refractivity contribution in [3.8, 4) is 0 Å². The number of rotatable bonds is 3. The van der Waals surface area contributed by atoms with Gasteiger partial charge < -0.3 is 4.57 Å². The number of thiazole rings is 1. The quantitative estimate of drug-likeness (QED) is 0.397. The van der Waals surface area contributed by atoms with Crippen LogP contribution < -0.4 is 0 Å². The molecule has 7 heteroatoms. The summed E-state index contributed by atoms with van der Waals surface area (Å²) in [6, 6.07) is 5.75. The minimum atomic E-state index is 0.825. The molecule has 1 heterocycles. The van der Waals surface area contributed by atoms with E-state index in [4.69, 9.17) is 17.5 Å². The molecule has 1 N–H and O–H groups in total. The maximum atomic E-state index is 8.03. The smallest absolute Gasteiger partial charge is 0.161 e. The van der Waals surface area contributed by atoms with E-state index in [0.717, 1.165) is 31.1 Å². The average molecular weight is 261 g/mol. The Morgan fingerprint density at radius 1 is 1.53 bits per heavy atom. The van der Waals surface area contributed by atoms with Gasteiger partial charge in [0.05, 0.1) is 22.3 Å². The van der Waals surface area contributed by atoms with Gasteiger partial charge in [-0.1, -0.05) is 5.04 Å². The van der Waals surface area contributed by atoms with Crippen molar-refractivity contribution in [2.24, 2.45) is 7.05 Å². The number of fused-ring (bicyclic) bond motifs is 1. The fourth-order valence-electron chi connectivity index (χ4n) is 1.22. The molecule has 1 aromatic carbocycles. The van der Waals surface area contributed by atoms with Crippen LogP contribution in [0.15, 0.2) is 23.1 Å². The highest BCUT2D eigenvalue weighted by Gasteiger charge is 2.03. The minimum Gasteiger partial charge on any atom is -0.326 e. The number of aromatic nitrogens is 1. The fourth-order valence-corrected chi connectivity index (χ4v) is 2.98. The average Bonchev–Trinajstić information content (AvgIpc) is 2.52. The molecule has 1 aromatic heterocycles. The van der Waals surface area contributed by atoms with Crippen molar-refractivity contribution >= 4 is 45.8 Å². The van der Waals surface area contributed by atoms with Crippen molar-refractivity contribution in [1.29, 1.82) is 0 Å². The molecule has 2 rings (SSSR count). The van der Waals surface area contributed by atoms with Crippen LogP contribution in [0.3, 0.4) is 0 Å². The summed E-state index contributed by atoms with van der Waals surface area (Å²) in [5.74, 6) is 0. The normalized spacial score (nSPS) is 11.1. The Labute approximate surface area is 99.1 Å². The summed E-state index contributed by atoms with van der Waals surface area (Å²) in [5, 5.41) is 11.6. The van der Waals surface area contributed by atoms with Crippen LogP contribution in [0.25, 0.3) is 10.2 Å². The lowest BCUT2D eigenvalue weighted by molar-refractivity contribution is -0.432. The third-order valence-corrected chi connectivity index (χ3v) is 4.02. The Morgan fingerprint density at radius 2 is 2.33 bits per heavy atom. The number of hydrogen-bond donors (Lipinski definition) is 1. The number of nitrogens with zero attached hydrogens (tertiary/aromatic N) is 1. The van der Waals surface area contributed by atoms with Crippen LogP contribution >= 0.6 is 35.6 Å². The van der Waals surface area contributed by atoms with E-state index < -0.39 is 0 Å². The van der Waals surface area contributed by atoms with Gasteiger partial charge in [-0.3, -0.25) is 0 Å². The van der Waals surface area contributed by atoms with E-state index in [9.17, 15) is 0 Å². The van der Waals surface area contributed by atoms with Gasteiger partial charge in [0.1, 0.15) is 0 Å². The third-order valence-electron chi connectivity index (χ3n) is 1.92. The Balaban J connectivity index is 2.43. The van der Waals surface area contributed by atoms with Gasteiger partial charge in [-0.15, -0.1) is 15.7 Å². The largest absolute Gasteiger partial charge is 0.326 e. The van der Waals surface area contributed by atoms with Gasteiger partial charge in [-0.25, -0.2) is 5.26 Å². The Morgan fingerprint density at radius 3 is 3.07 bits per heavy atom. The van der Waals surface area contributed by atoms with Crippen LogP contribution in [0.1, 0.15) is 0 Å². The van der Waals surface area contributed by atoms with Gasteiger partial charge in [0.25, 0.3) is 0 Å². The summed E-state index contributed by atoms with van der Waals surface area (Å²) < 4.78 is 8.20. The monoisotopic (exact) mass is 261 g/mol. The zero-order valence-corrected chi connectivity index (χ0v) is 10.1. The van der Waals surface area contributed by atoms with E-state index in [0.29, 0.717) is 0 Å². The highest BCUT2D eigenvalue weighted by molar-refractivity contribution is 7.94. The SMILES string of the molecule is Cn1c(=S)sc2cc(SOOO)ccc21. The molecule has 0 bridgehead atoms. The molecule has 0 aliphatic heterocycles. The van der Waals surface area contributed by atoms with Crippen LogP contribution in [0, 0.1) is 3.95 Å². The summed E-state index contributed by atoms with van der Waals surface area (Å²) in [6.45, 7) is 0. The Hall–Kier alpha value is -0.440. The standard InChI is InChI=1S/C8H7NO3S3/c1-9-6-3-2-5(15-12-11-10)4-7(6)14-8(9)13/h2-4,10H,1H3. The summed E-state index contributed by atoms with van der Waals surface area (Å²) >= 11 is 7.64. The van der Waals surface area contributed by atoms with Crippen molar-refractivity contribution in [2.45, 2.75) is 4.90 Å². The highest BCUT2D eigenvalue weighted by Crippen LogP contribution is 2.28. The van der Waals surface area contributed by atoms with Gasteiger partial charge in [-0.05, 0) is 30.4 Å². The van der Waals surface area contributed by atoms with Crippen LogP contribution in [0.5, 0.6) is 0 Å². The second-order valence-corrected chi connectivity index (χ2v) is 5.23. The molecule has 2 aromatic rings. The van der Waals surface area contributed by atoms with Crippen molar-refractivity contribution in [2.75, 3.05) is 0 Å². The van der Waals surface area contributed by atoms with E-state index in [2.05, 4.69) is 9.37 Å². The first-order valence-corrected chi connectivity index (χ1v) is 5.93. The number of hydrogen-bond acceptors (Lipinski definition) is 6. The van der Waals surface area contributed by atoms with Crippen LogP contribution in [-0.4, -0.2) is 9.82 Å². The molecule has 0 spiro atoms. The molecule has 0 radical (unpaired) electrons. The lowest BCUT2D eigenvalue weighted by Crippen LogP contribution is -1.85. The molecular formula is C8H7NO3S3. The summed E-state index contributed by atoms with van der Waals surface area (Å²) in [5.41, 5.74) is 1.08. The van der Waals surface area contributed by atoms with Crippen LogP contribution in [-0.2, 0) is 16.4 Å². The minimum absolute atomic E-state index is 0.825. The summed E-state index contributed by atoms with van der Waals surface area (Å²) in [4.78, 5) is 0.841. The lowest BCUT2D eigenvalue weighted by Gasteiger charge is -1.98. The first-order valence-electron chi connectivity index (χ1n) is 3.96. The molecule has 0 saturated heterocycles. The molecule has 0 amide bonds. The molecule has 4 nitrogen and oxygen atoms in total. The van der Waals surface area contributed by atoms with Crippen molar-refractivity contribution in [3.05, 3.63) is 22.2 Å². The molecule has 0 unspecified atom stereocenters. The van der Waals surface area contributed by atoms with E-state index >= 15 is 0 Å². The van der Waals surface area contributed by atoms with Gasteiger partial charge in [0, 0.05) is 11.9 Å². The summed E-state index contributed by atoms with van der Waals surface area (Å²) in [6.07, 6.45) is 0. The first kappa shape index (κ1) is 11.1. The Bertz CT molecular complexity index is 533. The maximum Gasteiger partial charge on any atom is 0.161 e. The van der Waals surface area contributed by atoms with Crippen molar-refractivity contribution in [1.82, 2.24) is 4.57 Å². The summed E-state index contributed by atoms with van der Waals surface area (Å²) in [7, 11) is 1.93. The van der Waals surface area contributed by atoms with Gasteiger partial charge >= 0.3 is 0 Å². The Kier molecular flexibility index (Phi) is 3.39. The molecule has 15 heavy (non-hydrogen) atoms. The van der Waals surface area contributed by atoms with E-state index in [1.807, 2.05) is 29.8 Å². The molecule has 0 saturated carbocycles. The van der Waals surface area contributed by atoms with Crippen molar-refractivity contribution < 1.29 is 14.6 Å². The highest BCUT2D eigenvalue weighted by atomic mass is 32.2. The molecule has 0 atom stereocenters. The maximum absolute atomic E-state index is 8.03. The van der Waals surface area contributed by atoms with Gasteiger partial charge in [-0.2, -0.15) is 0 Å². The lowest BCUT2D eigenvalue weighted by atomic mass is 10.3. The van der Waals surface area contributed by atoms with Gasteiger partial charge in [0.15, 0.2) is 3.95 Å². The molecule has 0 aliphatic carbocycles. The third kappa shape index (κ3) is 2.22. The number of aryl methyl sites for hydroxylation is 1. The van der Waals surface area contributed by atoms with E-state index in [1.165, 1.54) is 11.3 Å². The first-order chi connectivity index (χ1) is 7.22. The van der Waals surface area contributed by atoms with E-state index in [1.54, 1.807) is 0 Å². The zero-order chi connectivity index (χ0) is 10.8. The second-order valence-electron chi connectivity index (χ2n) is 2.78. The molecule has 0 fully saturated rings. The molecular weight excluding hydrogens is 254 g/mol. The van der Waals surface area contributed by atoms with Crippen LogP contribution in [0.4, 0.5) is 0 Å². The number of benzene rings is 1. The predicted octanol–water partition coefficient (Wildman–Crippen LogP) is 3.40. The van der Waals surface area contributed by atoms with Gasteiger partial charge in [0.2, 0.25) is 0 Å².